The number of carbonyl (C=O) groups is 1. The molecule has 140 valence electrons. The van der Waals surface area contributed by atoms with Crippen LogP contribution in [0, 0.1) is 18.8 Å². The third-order valence-corrected chi connectivity index (χ3v) is 5.73. The van der Waals surface area contributed by atoms with E-state index in [1.165, 1.54) is 5.56 Å². The number of aromatic nitrogens is 2. The summed E-state index contributed by atoms with van der Waals surface area (Å²) in [5.74, 6) is 2.05. The third-order valence-electron chi connectivity index (χ3n) is 5.73. The largest absolute Gasteiger partial charge is 0.352 e. The SMILES string of the molecule is Cc1ccc(CNC(=O)C2CCC(Cc3nc4ccccc4[nH]3)CC2)cc1. The normalized spacial score (nSPS) is 19.9. The van der Waals surface area contributed by atoms with E-state index in [0.29, 0.717) is 12.5 Å². The van der Waals surface area contributed by atoms with Gasteiger partial charge in [0, 0.05) is 18.9 Å². The van der Waals surface area contributed by atoms with Crippen molar-refractivity contribution < 1.29 is 4.79 Å². The second kappa shape index (κ2) is 7.95. The maximum absolute atomic E-state index is 12.5. The van der Waals surface area contributed by atoms with Gasteiger partial charge < -0.3 is 10.3 Å². The minimum atomic E-state index is 0.155. The maximum Gasteiger partial charge on any atom is 0.223 e. The van der Waals surface area contributed by atoms with Crippen molar-refractivity contribution in [2.75, 3.05) is 0 Å². The number of benzene rings is 2. The molecule has 0 saturated heterocycles. The number of fused-ring (bicyclic) bond motifs is 1. The molecule has 0 unspecified atom stereocenters. The van der Waals surface area contributed by atoms with Crippen LogP contribution < -0.4 is 5.32 Å². The Morgan fingerprint density at radius 2 is 1.81 bits per heavy atom. The van der Waals surface area contributed by atoms with Crippen LogP contribution >= 0.6 is 0 Å². The summed E-state index contributed by atoms with van der Waals surface area (Å²) in [5, 5.41) is 3.11. The van der Waals surface area contributed by atoms with Crippen LogP contribution in [0.15, 0.2) is 48.5 Å². The van der Waals surface area contributed by atoms with Crippen molar-refractivity contribution in [3.8, 4) is 0 Å². The fourth-order valence-corrected chi connectivity index (χ4v) is 4.04. The number of nitrogens with zero attached hydrogens (tertiary/aromatic N) is 1. The van der Waals surface area contributed by atoms with Crippen LogP contribution in [0.5, 0.6) is 0 Å². The number of rotatable bonds is 5. The Kier molecular flexibility index (Phi) is 5.23. The highest BCUT2D eigenvalue weighted by Gasteiger charge is 2.26. The number of H-pyrrole nitrogens is 1. The van der Waals surface area contributed by atoms with Crippen LogP contribution in [0.1, 0.15) is 42.6 Å². The first-order valence-electron chi connectivity index (χ1n) is 9.94. The summed E-state index contributed by atoms with van der Waals surface area (Å²) in [6, 6.07) is 16.5. The van der Waals surface area contributed by atoms with Gasteiger partial charge in [0.2, 0.25) is 5.91 Å². The lowest BCUT2D eigenvalue weighted by Crippen LogP contribution is -2.33. The van der Waals surface area contributed by atoms with E-state index in [-0.39, 0.29) is 11.8 Å². The number of aryl methyl sites for hydroxylation is 1. The zero-order chi connectivity index (χ0) is 18.6. The molecule has 1 heterocycles. The first kappa shape index (κ1) is 17.8. The zero-order valence-corrected chi connectivity index (χ0v) is 15.9. The molecule has 4 rings (SSSR count). The van der Waals surface area contributed by atoms with E-state index in [1.807, 2.05) is 18.2 Å². The Bertz CT molecular complexity index is 872. The van der Waals surface area contributed by atoms with Crippen molar-refractivity contribution in [2.24, 2.45) is 11.8 Å². The predicted molar refractivity (Wildman–Crippen MR) is 108 cm³/mol. The summed E-state index contributed by atoms with van der Waals surface area (Å²) in [7, 11) is 0. The Morgan fingerprint density at radius 1 is 1.07 bits per heavy atom. The smallest absolute Gasteiger partial charge is 0.223 e. The molecule has 2 aromatic carbocycles. The van der Waals surface area contributed by atoms with Crippen molar-refractivity contribution in [1.82, 2.24) is 15.3 Å². The molecule has 2 N–H and O–H groups in total. The van der Waals surface area contributed by atoms with Crippen molar-refractivity contribution >= 4 is 16.9 Å². The van der Waals surface area contributed by atoms with E-state index < -0.39 is 0 Å². The number of carbonyl (C=O) groups excluding carboxylic acids is 1. The van der Waals surface area contributed by atoms with E-state index in [1.54, 1.807) is 0 Å². The van der Waals surface area contributed by atoms with Crippen LogP contribution in [0.2, 0.25) is 0 Å². The summed E-state index contributed by atoms with van der Waals surface area (Å²) in [6.07, 6.45) is 5.13. The Labute approximate surface area is 160 Å². The summed E-state index contributed by atoms with van der Waals surface area (Å²) in [5.41, 5.74) is 4.55. The summed E-state index contributed by atoms with van der Waals surface area (Å²) < 4.78 is 0. The molecular formula is C23H27N3O. The molecule has 27 heavy (non-hydrogen) atoms. The van der Waals surface area contributed by atoms with Crippen molar-refractivity contribution in [1.29, 1.82) is 0 Å². The van der Waals surface area contributed by atoms with Gasteiger partial charge in [0.05, 0.1) is 11.0 Å². The lowest BCUT2D eigenvalue weighted by molar-refractivity contribution is -0.126. The molecule has 3 aromatic rings. The lowest BCUT2D eigenvalue weighted by atomic mass is 9.80. The Morgan fingerprint density at radius 3 is 2.56 bits per heavy atom. The first-order chi connectivity index (χ1) is 13.2. The number of amides is 1. The van der Waals surface area contributed by atoms with E-state index in [0.717, 1.165) is 54.5 Å². The van der Waals surface area contributed by atoms with Gasteiger partial charge in [0.25, 0.3) is 0 Å². The molecular weight excluding hydrogens is 334 g/mol. The average molecular weight is 361 g/mol. The molecule has 0 bridgehead atoms. The van der Waals surface area contributed by atoms with Crippen molar-refractivity contribution in [3.63, 3.8) is 0 Å². The molecule has 1 aromatic heterocycles. The lowest BCUT2D eigenvalue weighted by Gasteiger charge is -2.27. The van der Waals surface area contributed by atoms with Gasteiger partial charge >= 0.3 is 0 Å². The molecule has 1 amide bonds. The molecule has 0 aliphatic heterocycles. The van der Waals surface area contributed by atoms with Gasteiger partial charge in [-0.25, -0.2) is 4.98 Å². The number of para-hydroxylation sites is 2. The van der Waals surface area contributed by atoms with Gasteiger partial charge in [-0.15, -0.1) is 0 Å². The standard InChI is InChI=1S/C23H27N3O/c1-16-6-8-18(9-7-16)15-24-23(27)19-12-10-17(11-13-19)14-22-25-20-4-2-3-5-21(20)26-22/h2-9,17,19H,10-15H2,1H3,(H,24,27)(H,25,26). The van der Waals surface area contributed by atoms with Gasteiger partial charge in [0.15, 0.2) is 0 Å². The second-order valence-corrected chi connectivity index (χ2v) is 7.83. The monoisotopic (exact) mass is 361 g/mol. The van der Waals surface area contributed by atoms with Crippen LogP contribution in [0.25, 0.3) is 11.0 Å². The Balaban J connectivity index is 1.25. The van der Waals surface area contributed by atoms with Crippen molar-refractivity contribution in [3.05, 3.63) is 65.5 Å². The van der Waals surface area contributed by atoms with Gasteiger partial charge in [-0.3, -0.25) is 4.79 Å². The molecule has 0 radical (unpaired) electrons. The summed E-state index contributed by atoms with van der Waals surface area (Å²) in [6.45, 7) is 2.70. The highest BCUT2D eigenvalue weighted by molar-refractivity contribution is 5.78. The van der Waals surface area contributed by atoms with Crippen molar-refractivity contribution in [2.45, 2.75) is 45.6 Å². The highest BCUT2D eigenvalue weighted by Crippen LogP contribution is 2.31. The molecule has 1 aliphatic carbocycles. The molecule has 1 saturated carbocycles. The van der Waals surface area contributed by atoms with Crippen LogP contribution in [-0.4, -0.2) is 15.9 Å². The minimum absolute atomic E-state index is 0.155. The number of aromatic amines is 1. The molecule has 1 fully saturated rings. The molecule has 0 spiro atoms. The molecule has 1 aliphatic rings. The number of imidazole rings is 1. The number of nitrogens with one attached hydrogen (secondary N) is 2. The molecule has 4 nitrogen and oxygen atoms in total. The predicted octanol–water partition coefficient (Wildman–Crippen LogP) is 4.54. The number of hydrogen-bond donors (Lipinski definition) is 2. The summed E-state index contributed by atoms with van der Waals surface area (Å²) >= 11 is 0. The minimum Gasteiger partial charge on any atom is -0.352 e. The zero-order valence-electron chi connectivity index (χ0n) is 15.9. The van der Waals surface area contributed by atoms with E-state index in [2.05, 4.69) is 47.6 Å². The third kappa shape index (κ3) is 4.38. The highest BCUT2D eigenvalue weighted by atomic mass is 16.1. The topological polar surface area (TPSA) is 57.8 Å². The van der Waals surface area contributed by atoms with Crippen LogP contribution in [-0.2, 0) is 17.8 Å². The fourth-order valence-electron chi connectivity index (χ4n) is 4.04. The van der Waals surface area contributed by atoms with Gasteiger partial charge in [0.1, 0.15) is 5.82 Å². The van der Waals surface area contributed by atoms with Gasteiger partial charge in [-0.05, 0) is 56.2 Å². The van der Waals surface area contributed by atoms with Gasteiger partial charge in [-0.2, -0.15) is 0 Å². The quantitative estimate of drug-likeness (QED) is 0.701. The van der Waals surface area contributed by atoms with Gasteiger partial charge in [-0.1, -0.05) is 42.0 Å². The van der Waals surface area contributed by atoms with Crippen LogP contribution in [0.3, 0.4) is 0 Å². The van der Waals surface area contributed by atoms with E-state index >= 15 is 0 Å². The molecule has 4 heteroatoms. The second-order valence-electron chi connectivity index (χ2n) is 7.83. The van der Waals surface area contributed by atoms with Crippen LogP contribution in [0.4, 0.5) is 0 Å². The first-order valence-corrected chi connectivity index (χ1v) is 9.94. The Hall–Kier alpha value is -2.62. The van der Waals surface area contributed by atoms with E-state index in [9.17, 15) is 4.79 Å². The molecule has 0 atom stereocenters. The fraction of sp³-hybridized carbons (Fsp3) is 0.391. The van der Waals surface area contributed by atoms with E-state index in [4.69, 9.17) is 4.98 Å². The number of hydrogen-bond acceptors (Lipinski definition) is 2. The summed E-state index contributed by atoms with van der Waals surface area (Å²) in [4.78, 5) is 20.6. The maximum atomic E-state index is 12.5. The average Bonchev–Trinajstić information content (AvgIpc) is 3.10.